The molecule has 1 aromatic heterocycles. The highest BCUT2D eigenvalue weighted by Gasteiger charge is 2.31. The van der Waals surface area contributed by atoms with E-state index in [2.05, 4.69) is 28.2 Å². The van der Waals surface area contributed by atoms with E-state index >= 15 is 0 Å². The fourth-order valence-corrected chi connectivity index (χ4v) is 6.58. The van der Waals surface area contributed by atoms with Crippen molar-refractivity contribution >= 4 is 50.9 Å². The first-order valence-corrected chi connectivity index (χ1v) is 13.1. The Hall–Kier alpha value is -1.70. The summed E-state index contributed by atoms with van der Waals surface area (Å²) in [5, 5.41) is 6.70. The number of aromatic nitrogens is 1. The minimum absolute atomic E-state index is 0.176. The minimum Gasteiger partial charge on any atom is -0.381 e. The van der Waals surface area contributed by atoms with Crippen LogP contribution in [-0.4, -0.2) is 75.8 Å². The number of hydrogen-bond donors (Lipinski definition) is 2. The lowest BCUT2D eigenvalue weighted by Crippen LogP contribution is -2.53. The molecule has 2 atom stereocenters. The highest BCUT2D eigenvalue weighted by Crippen LogP contribution is 2.34. The Labute approximate surface area is 199 Å². The summed E-state index contributed by atoms with van der Waals surface area (Å²) >= 11 is 8.27. The van der Waals surface area contributed by atoms with Gasteiger partial charge >= 0.3 is 0 Å². The standard InChI is InChI=1S/C24H32ClN5OS/c1-15(29-7-9-30(10-8-29)16(2)31)22-14-32-24(28-22)21-12-17-11-18(25)13-20(23(17)27-21)26-19-5-3-4-6-19/h11-13,15,19,22,26-27H,3-10,14H2,1-2H3/t15?,22-/m1/s1. The Bertz CT molecular complexity index is 1020. The number of nitrogens with zero attached hydrogens (tertiary/aromatic N) is 3. The monoisotopic (exact) mass is 473 g/mol. The first kappa shape index (κ1) is 22.1. The van der Waals surface area contributed by atoms with Gasteiger partial charge in [0.2, 0.25) is 5.91 Å². The van der Waals surface area contributed by atoms with Gasteiger partial charge in [-0.3, -0.25) is 14.7 Å². The molecule has 172 valence electrons. The normalized spacial score (nSPS) is 23.7. The molecule has 1 unspecified atom stereocenters. The molecular formula is C24H32ClN5OS. The van der Waals surface area contributed by atoms with E-state index in [1.54, 1.807) is 6.92 Å². The third-order valence-electron chi connectivity index (χ3n) is 7.20. The van der Waals surface area contributed by atoms with E-state index in [4.69, 9.17) is 16.6 Å². The number of nitrogens with one attached hydrogen (secondary N) is 2. The minimum atomic E-state index is 0.176. The Morgan fingerprint density at radius 2 is 1.97 bits per heavy atom. The molecule has 0 radical (unpaired) electrons. The molecule has 2 fully saturated rings. The SMILES string of the molecule is CC(=O)N1CCN(C(C)[C@H]2CSC(c3cc4cc(Cl)cc(NC5CCCC5)c4[nH]3)=N2)CC1. The smallest absolute Gasteiger partial charge is 0.219 e. The van der Waals surface area contributed by atoms with Gasteiger partial charge in [-0.1, -0.05) is 24.4 Å². The molecule has 32 heavy (non-hydrogen) atoms. The van der Waals surface area contributed by atoms with E-state index in [1.165, 1.54) is 25.7 Å². The summed E-state index contributed by atoms with van der Waals surface area (Å²) in [5.41, 5.74) is 3.30. The number of hydrogen-bond acceptors (Lipinski definition) is 5. The number of carbonyl (C=O) groups excluding carboxylic acids is 1. The van der Waals surface area contributed by atoms with Gasteiger partial charge in [-0.2, -0.15) is 0 Å². The molecule has 3 aliphatic rings. The summed E-state index contributed by atoms with van der Waals surface area (Å²) in [6, 6.07) is 7.43. The number of anilines is 1. The van der Waals surface area contributed by atoms with E-state index in [0.29, 0.717) is 12.1 Å². The predicted molar refractivity (Wildman–Crippen MR) is 135 cm³/mol. The topological polar surface area (TPSA) is 63.7 Å². The summed E-state index contributed by atoms with van der Waals surface area (Å²) in [6.45, 7) is 7.41. The van der Waals surface area contributed by atoms with Crippen molar-refractivity contribution in [3.05, 3.63) is 28.9 Å². The highest BCUT2D eigenvalue weighted by atomic mass is 35.5. The van der Waals surface area contributed by atoms with E-state index in [-0.39, 0.29) is 11.9 Å². The lowest BCUT2D eigenvalue weighted by atomic mass is 10.1. The van der Waals surface area contributed by atoms with Crippen LogP contribution in [0.2, 0.25) is 5.02 Å². The fraction of sp³-hybridized carbons (Fsp3) is 0.583. The van der Waals surface area contributed by atoms with Gasteiger partial charge in [0.05, 0.1) is 22.9 Å². The molecule has 2 aliphatic heterocycles. The van der Waals surface area contributed by atoms with Gasteiger partial charge in [0.15, 0.2) is 0 Å². The van der Waals surface area contributed by atoms with E-state index < -0.39 is 0 Å². The second kappa shape index (κ2) is 9.27. The highest BCUT2D eigenvalue weighted by molar-refractivity contribution is 8.14. The zero-order valence-corrected chi connectivity index (χ0v) is 20.4. The Morgan fingerprint density at radius 3 is 2.69 bits per heavy atom. The van der Waals surface area contributed by atoms with Crippen molar-refractivity contribution in [2.24, 2.45) is 4.99 Å². The molecule has 2 N–H and O–H groups in total. The van der Waals surface area contributed by atoms with Gasteiger partial charge in [0.25, 0.3) is 0 Å². The summed E-state index contributed by atoms with van der Waals surface area (Å²) in [5.74, 6) is 1.17. The lowest BCUT2D eigenvalue weighted by Gasteiger charge is -2.39. The van der Waals surface area contributed by atoms with Crippen molar-refractivity contribution in [2.75, 3.05) is 37.2 Å². The number of carbonyl (C=O) groups is 1. The molecule has 0 spiro atoms. The number of aliphatic imine (C=N–C) groups is 1. The number of rotatable bonds is 5. The van der Waals surface area contributed by atoms with Gasteiger partial charge in [-0.25, -0.2) is 0 Å². The van der Waals surface area contributed by atoms with Crippen molar-refractivity contribution in [1.29, 1.82) is 0 Å². The molecule has 1 amide bonds. The van der Waals surface area contributed by atoms with Crippen molar-refractivity contribution < 1.29 is 4.79 Å². The average molecular weight is 474 g/mol. The van der Waals surface area contributed by atoms with Gasteiger partial charge in [-0.15, -0.1) is 11.8 Å². The summed E-state index contributed by atoms with van der Waals surface area (Å²) in [6.07, 6.45) is 5.05. The number of thioether (sulfide) groups is 1. The van der Waals surface area contributed by atoms with Gasteiger partial charge in [0, 0.05) is 61.3 Å². The van der Waals surface area contributed by atoms with Gasteiger partial charge in [0.1, 0.15) is 5.04 Å². The van der Waals surface area contributed by atoms with E-state index in [0.717, 1.165) is 64.3 Å². The summed E-state index contributed by atoms with van der Waals surface area (Å²) < 4.78 is 0. The van der Waals surface area contributed by atoms with Crippen LogP contribution in [0.25, 0.3) is 10.9 Å². The van der Waals surface area contributed by atoms with Crippen LogP contribution in [0.5, 0.6) is 0 Å². The van der Waals surface area contributed by atoms with E-state index in [9.17, 15) is 4.79 Å². The van der Waals surface area contributed by atoms with Crippen LogP contribution in [0, 0.1) is 0 Å². The largest absolute Gasteiger partial charge is 0.381 e. The number of amides is 1. The second-order valence-electron chi connectivity index (χ2n) is 9.32. The molecule has 0 bridgehead atoms. The van der Waals surface area contributed by atoms with Crippen LogP contribution in [-0.2, 0) is 4.79 Å². The molecule has 1 aliphatic carbocycles. The average Bonchev–Trinajstić information content (AvgIpc) is 3.53. The zero-order chi connectivity index (χ0) is 22.2. The number of benzene rings is 1. The Morgan fingerprint density at radius 1 is 1.22 bits per heavy atom. The van der Waals surface area contributed by atoms with Crippen molar-refractivity contribution in [3.63, 3.8) is 0 Å². The molecule has 1 saturated heterocycles. The maximum absolute atomic E-state index is 11.6. The maximum Gasteiger partial charge on any atom is 0.219 e. The van der Waals surface area contributed by atoms with Crippen LogP contribution in [0.3, 0.4) is 0 Å². The number of aromatic amines is 1. The molecular weight excluding hydrogens is 442 g/mol. The molecule has 3 heterocycles. The first-order chi connectivity index (χ1) is 15.5. The Kier molecular flexibility index (Phi) is 6.41. The summed E-state index contributed by atoms with van der Waals surface area (Å²) in [7, 11) is 0. The Balaban J connectivity index is 1.32. The van der Waals surface area contributed by atoms with Crippen LogP contribution < -0.4 is 5.32 Å². The van der Waals surface area contributed by atoms with Crippen molar-refractivity contribution in [3.8, 4) is 0 Å². The third kappa shape index (κ3) is 4.52. The quantitative estimate of drug-likeness (QED) is 0.666. The van der Waals surface area contributed by atoms with Crippen LogP contribution in [0.1, 0.15) is 45.2 Å². The van der Waals surface area contributed by atoms with Crippen LogP contribution in [0.15, 0.2) is 23.2 Å². The summed E-state index contributed by atoms with van der Waals surface area (Å²) in [4.78, 5) is 24.8. The zero-order valence-electron chi connectivity index (χ0n) is 18.9. The van der Waals surface area contributed by atoms with E-state index in [1.807, 2.05) is 28.8 Å². The number of H-pyrrole nitrogens is 1. The number of halogens is 1. The molecule has 8 heteroatoms. The molecule has 1 saturated carbocycles. The maximum atomic E-state index is 11.6. The molecule has 2 aromatic rings. The van der Waals surface area contributed by atoms with Crippen molar-refractivity contribution in [1.82, 2.24) is 14.8 Å². The molecule has 6 nitrogen and oxygen atoms in total. The van der Waals surface area contributed by atoms with Crippen LogP contribution >= 0.6 is 23.4 Å². The second-order valence-corrected chi connectivity index (χ2v) is 10.8. The van der Waals surface area contributed by atoms with Gasteiger partial charge < -0.3 is 15.2 Å². The fourth-order valence-electron chi connectivity index (χ4n) is 5.20. The number of piperazine rings is 1. The lowest BCUT2D eigenvalue weighted by molar-refractivity contribution is -0.130. The van der Waals surface area contributed by atoms with Crippen LogP contribution in [0.4, 0.5) is 5.69 Å². The third-order valence-corrected chi connectivity index (χ3v) is 8.53. The number of fused-ring (bicyclic) bond motifs is 1. The molecule has 5 rings (SSSR count). The predicted octanol–water partition coefficient (Wildman–Crippen LogP) is 4.59. The van der Waals surface area contributed by atoms with Crippen molar-refractivity contribution in [2.45, 2.75) is 57.7 Å². The molecule has 1 aromatic carbocycles. The van der Waals surface area contributed by atoms with Gasteiger partial charge in [-0.05, 0) is 38.0 Å². The first-order valence-electron chi connectivity index (χ1n) is 11.8.